The first-order valence-electron chi connectivity index (χ1n) is 10.2. The molecule has 2 heterocycles. The summed E-state index contributed by atoms with van der Waals surface area (Å²) in [5.41, 5.74) is 2.43. The van der Waals surface area contributed by atoms with Gasteiger partial charge < -0.3 is 10.6 Å². The number of carbonyl (C=O) groups is 2. The predicted octanol–water partition coefficient (Wildman–Crippen LogP) is 3.63. The van der Waals surface area contributed by atoms with E-state index in [0.717, 1.165) is 6.26 Å². The number of carbonyl (C=O) groups excluding carboxylic acids is 2. The molecule has 0 radical (unpaired) electrons. The van der Waals surface area contributed by atoms with Crippen LogP contribution in [0.1, 0.15) is 31.2 Å². The Morgan fingerprint density at radius 3 is 2.76 bits per heavy atom. The number of H-pyrrole nitrogens is 1. The van der Waals surface area contributed by atoms with Crippen LogP contribution in [-0.2, 0) is 19.6 Å². The first kappa shape index (κ1) is 23.7. The minimum atomic E-state index is -3.58. The lowest BCUT2D eigenvalue weighted by Gasteiger charge is -2.28. The molecule has 1 aliphatic heterocycles. The minimum absolute atomic E-state index is 0.0136. The number of sulfonamides is 1. The van der Waals surface area contributed by atoms with Crippen molar-refractivity contribution in [2.24, 2.45) is 0 Å². The van der Waals surface area contributed by atoms with Crippen LogP contribution < -0.4 is 15.4 Å². The molecule has 2 aromatic carbocycles. The number of halogens is 2. The van der Waals surface area contributed by atoms with Crippen LogP contribution >= 0.6 is 11.6 Å². The Labute approximate surface area is 199 Å². The third-order valence-electron chi connectivity index (χ3n) is 5.46. The van der Waals surface area contributed by atoms with Crippen molar-refractivity contribution in [3.05, 3.63) is 64.2 Å². The minimum Gasteiger partial charge on any atom is -0.330 e. The molecule has 0 saturated carbocycles. The van der Waals surface area contributed by atoms with Crippen molar-refractivity contribution >= 4 is 55.7 Å². The Kier molecular flexibility index (Phi) is 6.32. The number of aromatic amines is 1. The summed E-state index contributed by atoms with van der Waals surface area (Å²) in [6.45, 7) is 1.68. The molecule has 1 aromatic heterocycles. The summed E-state index contributed by atoms with van der Waals surface area (Å²) in [7, 11) is -3.58. The van der Waals surface area contributed by atoms with Crippen molar-refractivity contribution in [1.29, 1.82) is 0 Å². The average Bonchev–Trinajstić information content (AvgIpc) is 3.18. The fourth-order valence-corrected chi connectivity index (χ4v) is 4.74. The van der Waals surface area contributed by atoms with Gasteiger partial charge in [-0.2, -0.15) is 5.10 Å². The summed E-state index contributed by atoms with van der Waals surface area (Å²) < 4.78 is 40.2. The van der Waals surface area contributed by atoms with E-state index in [4.69, 9.17) is 11.6 Å². The second-order valence-corrected chi connectivity index (χ2v) is 10.2. The van der Waals surface area contributed by atoms with Crippen molar-refractivity contribution in [1.82, 2.24) is 15.5 Å². The van der Waals surface area contributed by atoms with Crippen LogP contribution in [0.15, 0.2) is 47.8 Å². The third-order valence-corrected chi connectivity index (χ3v) is 6.38. The van der Waals surface area contributed by atoms with Crippen LogP contribution in [0.4, 0.5) is 15.8 Å². The maximum Gasteiger partial charge on any atom is 0.229 e. The topological polar surface area (TPSA) is 133 Å². The van der Waals surface area contributed by atoms with Gasteiger partial charge in [-0.15, -0.1) is 0 Å². The van der Waals surface area contributed by atoms with Gasteiger partial charge in [0, 0.05) is 29.5 Å². The van der Waals surface area contributed by atoms with E-state index in [2.05, 4.69) is 25.6 Å². The van der Waals surface area contributed by atoms with Crippen LogP contribution in [-0.4, -0.2) is 36.7 Å². The second-order valence-electron chi connectivity index (χ2n) is 8.08. The number of allylic oxidation sites excluding steroid dienone is 1. The number of amides is 2. The first-order valence-corrected chi connectivity index (χ1v) is 12.5. The highest BCUT2D eigenvalue weighted by molar-refractivity contribution is 7.92. The van der Waals surface area contributed by atoms with E-state index < -0.39 is 27.7 Å². The Morgan fingerprint density at radius 2 is 2.03 bits per heavy atom. The molecule has 12 heteroatoms. The lowest BCUT2D eigenvalue weighted by molar-refractivity contribution is -0.121. The van der Waals surface area contributed by atoms with Crippen LogP contribution in [0, 0.1) is 5.82 Å². The van der Waals surface area contributed by atoms with Gasteiger partial charge in [0.25, 0.3) is 0 Å². The van der Waals surface area contributed by atoms with Crippen molar-refractivity contribution in [2.45, 2.75) is 25.7 Å². The van der Waals surface area contributed by atoms with Gasteiger partial charge in [-0.3, -0.25) is 19.4 Å². The molecule has 1 aliphatic rings. The average molecular weight is 506 g/mol. The Morgan fingerprint density at radius 1 is 1.26 bits per heavy atom. The Bertz CT molecular complexity index is 1450. The number of hydrogen-bond acceptors (Lipinski definition) is 5. The van der Waals surface area contributed by atoms with Crippen molar-refractivity contribution < 1.29 is 22.4 Å². The molecule has 0 fully saturated rings. The summed E-state index contributed by atoms with van der Waals surface area (Å²) in [5.74, 6) is -1.83. The number of nitrogens with one attached hydrogen (secondary N) is 4. The van der Waals surface area contributed by atoms with Gasteiger partial charge in [-0.25, -0.2) is 12.8 Å². The summed E-state index contributed by atoms with van der Waals surface area (Å²) in [5, 5.41) is 12.7. The van der Waals surface area contributed by atoms with Gasteiger partial charge in [-0.1, -0.05) is 17.7 Å². The van der Waals surface area contributed by atoms with E-state index in [1.54, 1.807) is 19.1 Å². The molecule has 2 amide bonds. The summed E-state index contributed by atoms with van der Waals surface area (Å²) in [6, 6.07) is 7.48. The van der Waals surface area contributed by atoms with Crippen LogP contribution in [0.3, 0.4) is 0 Å². The van der Waals surface area contributed by atoms with Crippen molar-refractivity contribution in [3.8, 4) is 0 Å². The van der Waals surface area contributed by atoms with E-state index in [1.165, 1.54) is 24.4 Å². The smallest absolute Gasteiger partial charge is 0.229 e. The molecule has 9 nitrogen and oxygen atoms in total. The molecule has 3 aromatic rings. The number of hydrogen-bond donors (Lipinski definition) is 4. The highest BCUT2D eigenvalue weighted by Crippen LogP contribution is 2.37. The van der Waals surface area contributed by atoms with E-state index in [9.17, 15) is 22.4 Å². The Balaban J connectivity index is 1.62. The van der Waals surface area contributed by atoms with Crippen LogP contribution in [0.2, 0.25) is 5.02 Å². The second kappa shape index (κ2) is 9.07. The fraction of sp³-hybridized carbons (Fsp3) is 0.227. The third kappa shape index (κ3) is 5.20. The molecule has 4 N–H and O–H groups in total. The molecule has 0 spiro atoms. The molecule has 1 atom stereocenters. The largest absolute Gasteiger partial charge is 0.330 e. The molecule has 4 rings (SSSR count). The molecule has 34 heavy (non-hydrogen) atoms. The van der Waals surface area contributed by atoms with E-state index in [1.807, 2.05) is 0 Å². The maximum atomic E-state index is 14.4. The lowest BCUT2D eigenvalue weighted by Crippen LogP contribution is -2.32. The molecule has 178 valence electrons. The zero-order chi connectivity index (χ0) is 24.6. The lowest BCUT2D eigenvalue weighted by atomic mass is 9.82. The number of rotatable bonds is 6. The fourth-order valence-electron chi connectivity index (χ4n) is 3.95. The van der Waals surface area contributed by atoms with E-state index in [-0.39, 0.29) is 35.1 Å². The molecular formula is C22H21ClFN5O4S. The standard InChI is InChI=1S/C22H21ClFN5O4S/c1-11-14(7-22(31)27-20-6-13-10-25-28-18(13)9-17(20)24)15(8-21(30)26-11)12-3-4-16(23)19(5-12)29-34(2,32)33/h3-6,9-10,15,29H,7-8H2,1-2H3,(H,25,28)(H,26,30)(H,27,31). The van der Waals surface area contributed by atoms with Gasteiger partial charge in [0.15, 0.2) is 0 Å². The zero-order valence-corrected chi connectivity index (χ0v) is 19.8. The summed E-state index contributed by atoms with van der Waals surface area (Å²) in [4.78, 5) is 25.1. The van der Waals surface area contributed by atoms with E-state index in [0.29, 0.717) is 27.7 Å². The van der Waals surface area contributed by atoms with Gasteiger partial charge >= 0.3 is 0 Å². The highest BCUT2D eigenvalue weighted by Gasteiger charge is 2.29. The number of fused-ring (bicyclic) bond motifs is 1. The van der Waals surface area contributed by atoms with Gasteiger partial charge in [0.1, 0.15) is 5.82 Å². The predicted molar refractivity (Wildman–Crippen MR) is 127 cm³/mol. The van der Waals surface area contributed by atoms with E-state index >= 15 is 0 Å². The quantitative estimate of drug-likeness (QED) is 0.406. The monoisotopic (exact) mass is 505 g/mol. The SMILES string of the molecule is CC1=C(CC(=O)Nc2cc3cn[nH]c3cc2F)C(c2ccc(Cl)c(NS(C)(=O)=O)c2)CC(=O)N1. The molecular weight excluding hydrogens is 485 g/mol. The highest BCUT2D eigenvalue weighted by atomic mass is 35.5. The summed E-state index contributed by atoms with van der Waals surface area (Å²) in [6.07, 6.45) is 2.46. The number of anilines is 2. The van der Waals surface area contributed by atoms with Crippen LogP contribution in [0.25, 0.3) is 10.9 Å². The number of aromatic nitrogens is 2. The van der Waals surface area contributed by atoms with Gasteiger partial charge in [-0.05, 0) is 36.3 Å². The normalized spacial score (nSPS) is 16.5. The van der Waals surface area contributed by atoms with Crippen LogP contribution in [0.5, 0.6) is 0 Å². The number of nitrogens with zero attached hydrogens (tertiary/aromatic N) is 1. The van der Waals surface area contributed by atoms with Crippen molar-refractivity contribution in [3.63, 3.8) is 0 Å². The Hall–Kier alpha value is -3.44. The molecule has 0 bridgehead atoms. The summed E-state index contributed by atoms with van der Waals surface area (Å²) >= 11 is 6.13. The van der Waals surface area contributed by atoms with Gasteiger partial charge in [0.2, 0.25) is 21.8 Å². The van der Waals surface area contributed by atoms with Gasteiger partial charge in [0.05, 0.1) is 40.8 Å². The van der Waals surface area contributed by atoms with Crippen molar-refractivity contribution in [2.75, 3.05) is 16.3 Å². The molecule has 1 unspecified atom stereocenters. The molecule has 0 saturated heterocycles. The molecule has 0 aliphatic carbocycles. The maximum absolute atomic E-state index is 14.4. The zero-order valence-electron chi connectivity index (χ0n) is 18.2. The number of benzene rings is 2. The first-order chi connectivity index (χ1) is 16.0.